The Labute approximate surface area is 161 Å². The molecule has 6 nitrogen and oxygen atoms in total. The van der Waals surface area contributed by atoms with E-state index in [0.29, 0.717) is 12.2 Å². The monoisotopic (exact) mass is 389 g/mol. The van der Waals surface area contributed by atoms with Crippen LogP contribution in [0.1, 0.15) is 42.1 Å². The summed E-state index contributed by atoms with van der Waals surface area (Å²) in [5, 5.41) is 2.87. The predicted molar refractivity (Wildman–Crippen MR) is 108 cm³/mol. The Hall–Kier alpha value is -2.38. The number of carbonyl (C=O) groups is 1. The van der Waals surface area contributed by atoms with E-state index in [1.165, 1.54) is 12.1 Å². The molecule has 0 aromatic heterocycles. The van der Waals surface area contributed by atoms with Crippen molar-refractivity contribution in [2.45, 2.75) is 44.0 Å². The highest BCUT2D eigenvalue weighted by Crippen LogP contribution is 2.18. The normalized spacial score (nSPS) is 12.4. The average Bonchev–Trinajstić information content (AvgIpc) is 2.64. The van der Waals surface area contributed by atoms with E-state index in [9.17, 15) is 13.2 Å². The minimum absolute atomic E-state index is 0.0366. The number of hydrogen-bond acceptors (Lipinski definition) is 4. The number of aryl methyl sites for hydroxylation is 1. The van der Waals surface area contributed by atoms with E-state index in [0.717, 1.165) is 24.8 Å². The van der Waals surface area contributed by atoms with Crippen LogP contribution >= 0.6 is 0 Å². The van der Waals surface area contributed by atoms with Gasteiger partial charge in [-0.1, -0.05) is 38.0 Å². The van der Waals surface area contributed by atoms with Gasteiger partial charge < -0.3 is 11.1 Å². The summed E-state index contributed by atoms with van der Waals surface area (Å²) in [5.41, 5.74) is 7.43. The summed E-state index contributed by atoms with van der Waals surface area (Å²) in [6.07, 6.45) is 2.79. The first kappa shape index (κ1) is 20.9. The molecule has 0 spiro atoms. The third kappa shape index (κ3) is 6.08. The van der Waals surface area contributed by atoms with Crippen LogP contribution in [-0.2, 0) is 10.0 Å². The van der Waals surface area contributed by atoms with Gasteiger partial charge in [0.05, 0.1) is 4.90 Å². The highest BCUT2D eigenvalue weighted by Gasteiger charge is 2.18. The van der Waals surface area contributed by atoms with Crippen LogP contribution in [0.5, 0.6) is 0 Å². The number of rotatable bonds is 9. The van der Waals surface area contributed by atoms with Crippen LogP contribution in [0, 0.1) is 6.92 Å². The highest BCUT2D eigenvalue weighted by atomic mass is 32.2. The van der Waals surface area contributed by atoms with Gasteiger partial charge in [0, 0.05) is 23.8 Å². The molecular weight excluding hydrogens is 362 g/mol. The maximum absolute atomic E-state index is 12.6. The number of amides is 1. The predicted octanol–water partition coefficient (Wildman–Crippen LogP) is 3.04. The molecule has 0 aliphatic carbocycles. The Morgan fingerprint density at radius 1 is 1.15 bits per heavy atom. The van der Waals surface area contributed by atoms with Gasteiger partial charge in [0.1, 0.15) is 0 Å². The van der Waals surface area contributed by atoms with E-state index in [4.69, 9.17) is 5.73 Å². The minimum Gasteiger partial charge on any atom is -0.348 e. The molecule has 1 unspecified atom stereocenters. The molecule has 0 heterocycles. The third-order valence-electron chi connectivity index (χ3n) is 4.20. The maximum atomic E-state index is 12.6. The fourth-order valence-corrected chi connectivity index (χ4v) is 3.79. The topological polar surface area (TPSA) is 101 Å². The highest BCUT2D eigenvalue weighted by molar-refractivity contribution is 7.92. The van der Waals surface area contributed by atoms with Crippen LogP contribution in [0.3, 0.4) is 0 Å². The number of sulfonamides is 1. The molecule has 0 bridgehead atoms. The zero-order valence-corrected chi connectivity index (χ0v) is 16.6. The zero-order chi connectivity index (χ0) is 19.9. The summed E-state index contributed by atoms with van der Waals surface area (Å²) < 4.78 is 27.8. The molecule has 1 atom stereocenters. The Bertz CT molecular complexity index is 882. The number of unbranched alkanes of at least 4 members (excludes halogenated alkanes) is 1. The molecule has 0 saturated carbocycles. The summed E-state index contributed by atoms with van der Waals surface area (Å²) >= 11 is 0. The van der Waals surface area contributed by atoms with E-state index in [1.54, 1.807) is 30.3 Å². The van der Waals surface area contributed by atoms with Crippen LogP contribution in [0.15, 0.2) is 53.4 Å². The van der Waals surface area contributed by atoms with E-state index in [2.05, 4.69) is 17.0 Å². The molecule has 1 amide bonds. The van der Waals surface area contributed by atoms with Crippen LogP contribution in [0.4, 0.5) is 5.69 Å². The second-order valence-corrected chi connectivity index (χ2v) is 8.23. The van der Waals surface area contributed by atoms with Crippen molar-refractivity contribution in [3.05, 3.63) is 59.7 Å². The maximum Gasteiger partial charge on any atom is 0.261 e. The van der Waals surface area contributed by atoms with Crippen LogP contribution in [0.2, 0.25) is 0 Å². The van der Waals surface area contributed by atoms with Gasteiger partial charge in [-0.25, -0.2) is 8.42 Å². The fourth-order valence-electron chi connectivity index (χ4n) is 2.70. The molecule has 0 fully saturated rings. The largest absolute Gasteiger partial charge is 0.348 e. The molecule has 2 aromatic rings. The molecule has 2 rings (SSSR count). The Morgan fingerprint density at radius 3 is 2.56 bits per heavy atom. The van der Waals surface area contributed by atoms with Crippen LogP contribution in [-0.4, -0.2) is 26.9 Å². The van der Waals surface area contributed by atoms with Crippen LogP contribution < -0.4 is 15.8 Å². The number of nitrogens with one attached hydrogen (secondary N) is 2. The third-order valence-corrected chi connectivity index (χ3v) is 5.58. The minimum atomic E-state index is -3.79. The standard InChI is InChI=1S/C20H27N3O3S/c1-3-4-9-18(14-21)22-20(24)16-8-6-11-19(13-16)27(25,26)23-17-10-5-7-15(2)12-17/h5-8,10-13,18,23H,3-4,9,14,21H2,1-2H3,(H,22,24). The molecule has 0 aliphatic heterocycles. The summed E-state index contributed by atoms with van der Waals surface area (Å²) in [5.74, 6) is -0.325. The first-order chi connectivity index (χ1) is 12.9. The molecule has 0 saturated heterocycles. The molecule has 146 valence electrons. The fraction of sp³-hybridized carbons (Fsp3) is 0.350. The van der Waals surface area contributed by atoms with Crippen molar-refractivity contribution >= 4 is 21.6 Å². The number of benzene rings is 2. The van der Waals surface area contributed by atoms with E-state index in [-0.39, 0.29) is 22.4 Å². The number of carbonyl (C=O) groups excluding carboxylic acids is 1. The van der Waals surface area contributed by atoms with Gasteiger partial charge >= 0.3 is 0 Å². The molecule has 0 aliphatic rings. The van der Waals surface area contributed by atoms with Crippen molar-refractivity contribution in [2.75, 3.05) is 11.3 Å². The van der Waals surface area contributed by atoms with Crippen molar-refractivity contribution < 1.29 is 13.2 Å². The number of hydrogen-bond donors (Lipinski definition) is 3. The first-order valence-electron chi connectivity index (χ1n) is 9.06. The average molecular weight is 390 g/mol. The lowest BCUT2D eigenvalue weighted by Gasteiger charge is -2.17. The Kier molecular flexibility index (Phi) is 7.38. The summed E-state index contributed by atoms with van der Waals surface area (Å²) in [7, 11) is -3.79. The SMILES string of the molecule is CCCCC(CN)NC(=O)c1cccc(S(=O)(=O)Nc2cccc(C)c2)c1. The van der Waals surface area contributed by atoms with Crippen LogP contribution in [0.25, 0.3) is 0 Å². The van der Waals surface area contributed by atoms with Crippen molar-refractivity contribution in [1.29, 1.82) is 0 Å². The summed E-state index contributed by atoms with van der Waals surface area (Å²) in [4.78, 5) is 12.5. The summed E-state index contributed by atoms with van der Waals surface area (Å²) in [6, 6.07) is 13.0. The van der Waals surface area contributed by atoms with Crippen molar-refractivity contribution in [1.82, 2.24) is 5.32 Å². The lowest BCUT2D eigenvalue weighted by molar-refractivity contribution is 0.0935. The molecule has 4 N–H and O–H groups in total. The van der Waals surface area contributed by atoms with Crippen molar-refractivity contribution in [3.63, 3.8) is 0 Å². The Balaban J connectivity index is 2.16. The Morgan fingerprint density at radius 2 is 1.89 bits per heavy atom. The first-order valence-corrected chi connectivity index (χ1v) is 10.5. The van der Waals surface area contributed by atoms with Gasteiger partial charge in [0.15, 0.2) is 0 Å². The smallest absolute Gasteiger partial charge is 0.261 e. The zero-order valence-electron chi connectivity index (χ0n) is 15.7. The number of anilines is 1. The molecular formula is C20H27N3O3S. The molecule has 7 heteroatoms. The van der Waals surface area contributed by atoms with Gasteiger partial charge in [-0.15, -0.1) is 0 Å². The van der Waals surface area contributed by atoms with Gasteiger partial charge in [0.2, 0.25) is 0 Å². The van der Waals surface area contributed by atoms with Gasteiger partial charge in [-0.3, -0.25) is 9.52 Å². The van der Waals surface area contributed by atoms with E-state index >= 15 is 0 Å². The molecule has 2 aromatic carbocycles. The van der Waals surface area contributed by atoms with Gasteiger partial charge in [-0.2, -0.15) is 0 Å². The second-order valence-electron chi connectivity index (χ2n) is 6.55. The van der Waals surface area contributed by atoms with E-state index in [1.807, 2.05) is 13.0 Å². The van der Waals surface area contributed by atoms with Crippen molar-refractivity contribution in [2.24, 2.45) is 5.73 Å². The lowest BCUT2D eigenvalue weighted by atomic mass is 10.1. The number of nitrogens with two attached hydrogens (primary N) is 1. The quantitative estimate of drug-likeness (QED) is 0.613. The lowest BCUT2D eigenvalue weighted by Crippen LogP contribution is -2.40. The molecule has 27 heavy (non-hydrogen) atoms. The molecule has 0 radical (unpaired) electrons. The van der Waals surface area contributed by atoms with Crippen molar-refractivity contribution in [3.8, 4) is 0 Å². The second kappa shape index (κ2) is 9.53. The van der Waals surface area contributed by atoms with E-state index < -0.39 is 10.0 Å². The van der Waals surface area contributed by atoms with Gasteiger partial charge in [0.25, 0.3) is 15.9 Å². The summed E-state index contributed by atoms with van der Waals surface area (Å²) in [6.45, 7) is 4.30. The van der Waals surface area contributed by atoms with Gasteiger partial charge in [-0.05, 0) is 49.2 Å².